The number of hydrogen-bond acceptors (Lipinski definition) is 8. The molecule has 0 unspecified atom stereocenters. The lowest BCUT2D eigenvalue weighted by molar-refractivity contribution is -0.134. The van der Waals surface area contributed by atoms with Gasteiger partial charge in [-0.05, 0) is 42.2 Å². The zero-order valence-electron chi connectivity index (χ0n) is 22.0. The van der Waals surface area contributed by atoms with E-state index in [4.69, 9.17) is 28.8 Å². The molecule has 0 aliphatic carbocycles. The molecule has 9 nitrogen and oxygen atoms in total. The number of carbonyl (C=O) groups is 1. The highest BCUT2D eigenvalue weighted by molar-refractivity contribution is 7.90. The number of methoxy groups -OCH3 is 1. The average Bonchev–Trinajstić information content (AvgIpc) is 3.32. The van der Waals surface area contributed by atoms with Crippen molar-refractivity contribution >= 4 is 15.8 Å². The lowest BCUT2D eigenvalue weighted by atomic mass is 9.97. The quantitative estimate of drug-likeness (QED) is 0.369. The predicted molar refractivity (Wildman–Crippen MR) is 144 cm³/mol. The number of aryl methyl sites for hydroxylation is 1. The minimum Gasteiger partial charge on any atom is -0.496 e. The molecule has 0 fully saturated rings. The van der Waals surface area contributed by atoms with Crippen LogP contribution in [0.1, 0.15) is 30.0 Å². The molecule has 0 bridgehead atoms. The standard InChI is InChI=1S/C26H29NO6S.C2H4O2/c1-18-12-22(31-9-5-11-34(3,28)29)14-24(30-2)26(18)20-7-4-6-19(13-20)17-33-25-15-23-21(16-27-25)8-10-32-23;1-2(3)4/h4,6-7,12-16H,5,8-11,17H2,1-3H3;1H3,(H,3,4). The molecule has 1 aliphatic heterocycles. The molecule has 0 saturated carbocycles. The Bertz CT molecular complexity index is 1370. The summed E-state index contributed by atoms with van der Waals surface area (Å²) in [7, 11) is -1.37. The zero-order chi connectivity index (χ0) is 27.7. The summed E-state index contributed by atoms with van der Waals surface area (Å²) in [5.41, 5.74) is 5.08. The van der Waals surface area contributed by atoms with Crippen LogP contribution in [0, 0.1) is 6.92 Å². The third kappa shape index (κ3) is 8.65. The molecule has 10 heteroatoms. The van der Waals surface area contributed by atoms with Crippen LogP contribution in [0.2, 0.25) is 0 Å². The van der Waals surface area contributed by atoms with Crippen molar-refractivity contribution in [3.63, 3.8) is 0 Å². The number of hydrogen-bond donors (Lipinski definition) is 1. The van der Waals surface area contributed by atoms with Crippen LogP contribution in [0.15, 0.2) is 48.7 Å². The number of aromatic nitrogens is 1. The molecule has 0 amide bonds. The van der Waals surface area contributed by atoms with E-state index in [0.717, 1.165) is 46.9 Å². The Morgan fingerprint density at radius 3 is 2.63 bits per heavy atom. The van der Waals surface area contributed by atoms with E-state index in [9.17, 15) is 8.42 Å². The van der Waals surface area contributed by atoms with Gasteiger partial charge in [-0.15, -0.1) is 0 Å². The van der Waals surface area contributed by atoms with Crippen molar-refractivity contribution < 1.29 is 37.3 Å². The normalized spacial score (nSPS) is 12.0. The van der Waals surface area contributed by atoms with Crippen LogP contribution in [0.3, 0.4) is 0 Å². The van der Waals surface area contributed by atoms with Crippen LogP contribution in [0.4, 0.5) is 0 Å². The van der Waals surface area contributed by atoms with E-state index in [2.05, 4.69) is 11.1 Å². The number of rotatable bonds is 10. The molecule has 38 heavy (non-hydrogen) atoms. The summed E-state index contributed by atoms with van der Waals surface area (Å²) in [5, 5.41) is 7.42. The third-order valence-electron chi connectivity index (χ3n) is 5.57. The van der Waals surface area contributed by atoms with E-state index in [1.807, 2.05) is 49.5 Å². The SMILES string of the molecule is CC(=O)O.COc1cc(OCCCS(C)(=O)=O)cc(C)c1-c1cccc(COc2cc3c(cn2)CCO3)c1. The molecule has 0 atom stereocenters. The molecule has 1 N–H and O–H groups in total. The number of nitrogens with zero attached hydrogens (tertiary/aromatic N) is 1. The van der Waals surface area contributed by atoms with Gasteiger partial charge in [-0.25, -0.2) is 13.4 Å². The molecule has 2 heterocycles. The highest BCUT2D eigenvalue weighted by Crippen LogP contribution is 2.37. The maximum atomic E-state index is 11.3. The molecule has 4 rings (SSSR count). The highest BCUT2D eigenvalue weighted by Gasteiger charge is 2.15. The van der Waals surface area contributed by atoms with Gasteiger partial charge in [0.15, 0.2) is 0 Å². The van der Waals surface area contributed by atoms with Crippen LogP contribution in [-0.2, 0) is 27.7 Å². The van der Waals surface area contributed by atoms with Crippen LogP contribution in [-0.4, -0.2) is 56.8 Å². The van der Waals surface area contributed by atoms with E-state index in [-0.39, 0.29) is 5.75 Å². The first-order valence-electron chi connectivity index (χ1n) is 12.1. The second-order valence-electron chi connectivity index (χ2n) is 8.89. The number of carboxylic acids is 1. The van der Waals surface area contributed by atoms with Crippen LogP contribution >= 0.6 is 0 Å². The van der Waals surface area contributed by atoms with Gasteiger partial charge >= 0.3 is 0 Å². The average molecular weight is 544 g/mol. The Hall–Kier alpha value is -3.79. The van der Waals surface area contributed by atoms with E-state index in [0.29, 0.717) is 43.6 Å². The summed E-state index contributed by atoms with van der Waals surface area (Å²) in [6, 6.07) is 13.7. The molecule has 1 aromatic heterocycles. The number of benzene rings is 2. The molecule has 2 aromatic carbocycles. The fourth-order valence-electron chi connectivity index (χ4n) is 3.94. The van der Waals surface area contributed by atoms with Crippen molar-refractivity contribution in [3.05, 3.63) is 65.4 Å². The molecular formula is C28H33NO8S. The summed E-state index contributed by atoms with van der Waals surface area (Å²) >= 11 is 0. The molecule has 0 spiro atoms. The maximum absolute atomic E-state index is 11.3. The van der Waals surface area contributed by atoms with Crippen molar-refractivity contribution in [1.29, 1.82) is 0 Å². The predicted octanol–water partition coefficient (Wildman–Crippen LogP) is 4.48. The fraction of sp³-hybridized carbons (Fsp3) is 0.357. The van der Waals surface area contributed by atoms with Gasteiger partial charge in [0.2, 0.25) is 5.88 Å². The van der Waals surface area contributed by atoms with Gasteiger partial charge in [0.1, 0.15) is 33.7 Å². The van der Waals surface area contributed by atoms with Crippen LogP contribution in [0.25, 0.3) is 11.1 Å². The van der Waals surface area contributed by atoms with E-state index >= 15 is 0 Å². The topological polar surface area (TPSA) is 121 Å². The second-order valence-corrected chi connectivity index (χ2v) is 11.1. The number of ether oxygens (including phenoxy) is 4. The molecule has 0 saturated heterocycles. The van der Waals surface area contributed by atoms with Gasteiger partial charge in [0.25, 0.3) is 5.97 Å². The molecule has 1 aliphatic rings. The van der Waals surface area contributed by atoms with Crippen molar-refractivity contribution in [3.8, 4) is 34.3 Å². The van der Waals surface area contributed by atoms with E-state index in [1.165, 1.54) is 6.26 Å². The summed E-state index contributed by atoms with van der Waals surface area (Å²) in [6.45, 7) is 4.47. The van der Waals surface area contributed by atoms with Crippen LogP contribution < -0.4 is 18.9 Å². The summed E-state index contributed by atoms with van der Waals surface area (Å²) in [6.07, 6.45) is 4.36. The maximum Gasteiger partial charge on any atom is 0.300 e. The Labute approximate surface area is 223 Å². The van der Waals surface area contributed by atoms with Gasteiger partial charge < -0.3 is 24.1 Å². The first-order chi connectivity index (χ1) is 18.1. The zero-order valence-corrected chi connectivity index (χ0v) is 22.8. The third-order valence-corrected chi connectivity index (χ3v) is 6.60. The van der Waals surface area contributed by atoms with Gasteiger partial charge in [-0.3, -0.25) is 4.79 Å². The van der Waals surface area contributed by atoms with E-state index in [1.54, 1.807) is 7.11 Å². The molecular weight excluding hydrogens is 510 g/mol. The Kier molecular flexibility index (Phi) is 9.95. The Morgan fingerprint density at radius 1 is 1.16 bits per heavy atom. The first kappa shape index (κ1) is 28.8. The summed E-state index contributed by atoms with van der Waals surface area (Å²) < 4.78 is 45.5. The van der Waals surface area contributed by atoms with Gasteiger partial charge in [0, 0.05) is 49.1 Å². The minimum absolute atomic E-state index is 0.101. The van der Waals surface area contributed by atoms with Crippen molar-refractivity contribution in [2.75, 3.05) is 32.3 Å². The lowest BCUT2D eigenvalue weighted by Crippen LogP contribution is -2.08. The highest BCUT2D eigenvalue weighted by atomic mass is 32.2. The summed E-state index contributed by atoms with van der Waals surface area (Å²) in [5.74, 6) is 1.99. The second kappa shape index (κ2) is 13.1. The van der Waals surface area contributed by atoms with Crippen molar-refractivity contribution in [2.24, 2.45) is 0 Å². The van der Waals surface area contributed by atoms with E-state index < -0.39 is 15.8 Å². The van der Waals surface area contributed by atoms with Crippen molar-refractivity contribution in [2.45, 2.75) is 33.3 Å². The Morgan fingerprint density at radius 2 is 1.92 bits per heavy atom. The van der Waals surface area contributed by atoms with Crippen LogP contribution in [0.5, 0.6) is 23.1 Å². The van der Waals surface area contributed by atoms with Gasteiger partial charge in [-0.2, -0.15) is 0 Å². The number of fused-ring (bicyclic) bond motifs is 1. The number of carboxylic acid groups (broad SMARTS) is 1. The molecule has 3 aromatic rings. The molecule has 204 valence electrons. The van der Waals surface area contributed by atoms with Gasteiger partial charge in [-0.1, -0.05) is 18.2 Å². The minimum atomic E-state index is -3.00. The number of pyridine rings is 1. The number of sulfone groups is 1. The smallest absolute Gasteiger partial charge is 0.300 e. The fourth-order valence-corrected chi connectivity index (χ4v) is 4.58. The first-order valence-corrected chi connectivity index (χ1v) is 14.1. The lowest BCUT2D eigenvalue weighted by Gasteiger charge is -2.16. The Balaban J connectivity index is 0.000000934. The molecule has 0 radical (unpaired) electrons. The largest absolute Gasteiger partial charge is 0.496 e. The van der Waals surface area contributed by atoms with Gasteiger partial charge in [0.05, 0.1) is 26.1 Å². The van der Waals surface area contributed by atoms with Crippen molar-refractivity contribution in [1.82, 2.24) is 4.98 Å². The monoisotopic (exact) mass is 543 g/mol. The number of aliphatic carboxylic acids is 1. The summed E-state index contributed by atoms with van der Waals surface area (Å²) in [4.78, 5) is 13.4.